The molecule has 3 rings (SSSR count). The largest absolute Gasteiger partial charge is 0.444 e. The molecule has 1 amide bonds. The van der Waals surface area contributed by atoms with Crippen molar-refractivity contribution in [1.82, 2.24) is 9.88 Å². The topological polar surface area (TPSA) is 45.7 Å². The maximum atomic E-state index is 12.4. The number of rotatable bonds is 1. The number of carbonyl (C=O) groups is 1. The zero-order valence-corrected chi connectivity index (χ0v) is 15.1. The fraction of sp³-hybridized carbons (Fsp3) is 0.625. The van der Waals surface area contributed by atoms with Gasteiger partial charge in [0.1, 0.15) is 10.8 Å². The number of aromatic nitrogens is 1. The SMILES string of the molecule is CC(C)(C)OC(=O)N1CC[C@H]2CN(c3cnc(Cl)c(Cl)c3)C[C@H]21. The van der Waals surface area contributed by atoms with Gasteiger partial charge in [0.2, 0.25) is 0 Å². The van der Waals surface area contributed by atoms with Crippen molar-refractivity contribution in [3.05, 3.63) is 22.4 Å². The molecule has 3 heterocycles. The number of amides is 1. The first-order valence-electron chi connectivity index (χ1n) is 7.80. The molecule has 0 spiro atoms. The van der Waals surface area contributed by atoms with Crippen molar-refractivity contribution >= 4 is 35.0 Å². The molecule has 1 aromatic rings. The Morgan fingerprint density at radius 1 is 1.35 bits per heavy atom. The van der Waals surface area contributed by atoms with Gasteiger partial charge >= 0.3 is 6.09 Å². The molecule has 0 unspecified atom stereocenters. The Labute approximate surface area is 146 Å². The van der Waals surface area contributed by atoms with Gasteiger partial charge in [0, 0.05) is 25.6 Å². The van der Waals surface area contributed by atoms with Crippen LogP contribution in [-0.2, 0) is 4.74 Å². The summed E-state index contributed by atoms with van der Waals surface area (Å²) in [5.41, 5.74) is 0.471. The highest BCUT2D eigenvalue weighted by Crippen LogP contribution is 2.36. The molecule has 7 heteroatoms. The number of nitrogens with zero attached hydrogens (tertiary/aromatic N) is 3. The van der Waals surface area contributed by atoms with Gasteiger partial charge in [-0.3, -0.25) is 0 Å². The lowest BCUT2D eigenvalue weighted by atomic mass is 10.1. The number of fused-ring (bicyclic) bond motifs is 1. The highest BCUT2D eigenvalue weighted by Gasteiger charge is 2.44. The fourth-order valence-electron chi connectivity index (χ4n) is 3.30. The average Bonchev–Trinajstić information content (AvgIpc) is 2.99. The number of halogens is 2. The molecule has 2 aliphatic heterocycles. The van der Waals surface area contributed by atoms with E-state index in [1.54, 1.807) is 6.20 Å². The predicted octanol–water partition coefficient (Wildman–Crippen LogP) is 3.83. The van der Waals surface area contributed by atoms with E-state index in [-0.39, 0.29) is 12.1 Å². The Morgan fingerprint density at radius 3 is 2.74 bits per heavy atom. The van der Waals surface area contributed by atoms with Gasteiger partial charge in [-0.25, -0.2) is 9.78 Å². The molecule has 0 radical (unpaired) electrons. The number of hydrogen-bond donors (Lipinski definition) is 0. The molecule has 0 aromatic carbocycles. The molecule has 126 valence electrons. The highest BCUT2D eigenvalue weighted by atomic mass is 35.5. The lowest BCUT2D eigenvalue weighted by molar-refractivity contribution is 0.0229. The van der Waals surface area contributed by atoms with Gasteiger partial charge in [-0.15, -0.1) is 0 Å². The van der Waals surface area contributed by atoms with Gasteiger partial charge in [0.05, 0.1) is 22.9 Å². The summed E-state index contributed by atoms with van der Waals surface area (Å²) in [6.07, 6.45) is 2.50. The lowest BCUT2D eigenvalue weighted by Crippen LogP contribution is -2.42. The second-order valence-corrected chi connectivity index (χ2v) is 7.93. The van der Waals surface area contributed by atoms with Crippen molar-refractivity contribution < 1.29 is 9.53 Å². The zero-order chi connectivity index (χ0) is 16.8. The lowest BCUT2D eigenvalue weighted by Gasteiger charge is -2.29. The minimum atomic E-state index is -0.471. The number of hydrogen-bond acceptors (Lipinski definition) is 4. The van der Waals surface area contributed by atoms with Crippen LogP contribution in [0.25, 0.3) is 0 Å². The molecular formula is C16H21Cl2N3O2. The molecule has 0 saturated carbocycles. The standard InChI is InChI=1S/C16H21Cl2N3O2/c1-16(2,3)23-15(22)21-5-4-10-8-20(9-13(10)21)11-6-12(17)14(18)19-7-11/h6-7,10,13H,4-5,8-9H2,1-3H3/t10-,13+/m0/s1. The van der Waals surface area contributed by atoms with Crippen molar-refractivity contribution in [1.29, 1.82) is 0 Å². The van der Waals surface area contributed by atoms with E-state index in [0.717, 1.165) is 31.7 Å². The molecule has 0 bridgehead atoms. The summed E-state index contributed by atoms with van der Waals surface area (Å²) in [5, 5.41) is 0.760. The maximum Gasteiger partial charge on any atom is 0.410 e. The number of carbonyl (C=O) groups excluding carboxylic acids is 1. The molecule has 23 heavy (non-hydrogen) atoms. The van der Waals surface area contributed by atoms with Gasteiger partial charge in [-0.05, 0) is 33.3 Å². The smallest absolute Gasteiger partial charge is 0.410 e. The Balaban J connectivity index is 1.71. The quantitative estimate of drug-likeness (QED) is 0.716. The molecule has 1 aromatic heterocycles. The fourth-order valence-corrected chi connectivity index (χ4v) is 3.57. The van der Waals surface area contributed by atoms with Crippen LogP contribution in [0.15, 0.2) is 12.3 Å². The Kier molecular flexibility index (Phi) is 4.36. The van der Waals surface area contributed by atoms with Gasteiger partial charge < -0.3 is 14.5 Å². The number of anilines is 1. The molecule has 2 fully saturated rings. The summed E-state index contributed by atoms with van der Waals surface area (Å²) in [4.78, 5) is 20.6. The Bertz CT molecular complexity index is 618. The van der Waals surface area contributed by atoms with E-state index >= 15 is 0 Å². The van der Waals surface area contributed by atoms with Gasteiger partial charge in [-0.1, -0.05) is 23.2 Å². The molecule has 2 saturated heterocycles. The molecule has 2 atom stereocenters. The first-order chi connectivity index (χ1) is 10.7. The van der Waals surface area contributed by atoms with Crippen LogP contribution in [-0.4, -0.2) is 47.3 Å². The monoisotopic (exact) mass is 357 g/mol. The summed E-state index contributed by atoms with van der Waals surface area (Å²) in [6, 6.07) is 2.01. The zero-order valence-electron chi connectivity index (χ0n) is 13.6. The van der Waals surface area contributed by atoms with Crippen molar-refractivity contribution in [2.75, 3.05) is 24.5 Å². The van der Waals surface area contributed by atoms with E-state index in [4.69, 9.17) is 27.9 Å². The van der Waals surface area contributed by atoms with Crippen LogP contribution in [0.2, 0.25) is 10.2 Å². The Morgan fingerprint density at radius 2 is 2.09 bits per heavy atom. The van der Waals surface area contributed by atoms with Crippen LogP contribution in [0.1, 0.15) is 27.2 Å². The van der Waals surface area contributed by atoms with Crippen LogP contribution in [0.5, 0.6) is 0 Å². The van der Waals surface area contributed by atoms with Gasteiger partial charge in [0.25, 0.3) is 0 Å². The molecule has 0 N–H and O–H groups in total. The van der Waals surface area contributed by atoms with Crippen molar-refractivity contribution in [3.8, 4) is 0 Å². The van der Waals surface area contributed by atoms with Crippen LogP contribution < -0.4 is 4.90 Å². The Hall–Kier alpha value is -1.20. The molecular weight excluding hydrogens is 337 g/mol. The van der Waals surface area contributed by atoms with Gasteiger partial charge in [0.15, 0.2) is 0 Å². The van der Waals surface area contributed by atoms with Crippen molar-refractivity contribution in [2.24, 2.45) is 5.92 Å². The van der Waals surface area contributed by atoms with E-state index in [0.29, 0.717) is 16.1 Å². The van der Waals surface area contributed by atoms with Crippen LogP contribution in [0.4, 0.5) is 10.5 Å². The second kappa shape index (κ2) is 6.02. The minimum absolute atomic E-state index is 0.180. The predicted molar refractivity (Wildman–Crippen MR) is 91.3 cm³/mol. The summed E-state index contributed by atoms with van der Waals surface area (Å²) in [5.74, 6) is 0.456. The van der Waals surface area contributed by atoms with Crippen LogP contribution in [0.3, 0.4) is 0 Å². The third kappa shape index (κ3) is 3.50. The van der Waals surface area contributed by atoms with E-state index in [1.807, 2.05) is 31.7 Å². The van der Waals surface area contributed by atoms with Crippen molar-refractivity contribution in [3.63, 3.8) is 0 Å². The van der Waals surface area contributed by atoms with E-state index in [9.17, 15) is 4.79 Å². The molecule has 5 nitrogen and oxygen atoms in total. The van der Waals surface area contributed by atoms with Crippen LogP contribution in [0, 0.1) is 5.92 Å². The van der Waals surface area contributed by atoms with E-state index in [1.165, 1.54) is 0 Å². The number of likely N-dealkylation sites (tertiary alicyclic amines) is 1. The normalized spacial score (nSPS) is 24.0. The summed E-state index contributed by atoms with van der Waals surface area (Å²) in [6.45, 7) is 8.09. The van der Waals surface area contributed by atoms with Crippen LogP contribution >= 0.6 is 23.2 Å². The first-order valence-corrected chi connectivity index (χ1v) is 8.56. The summed E-state index contributed by atoms with van der Waals surface area (Å²) < 4.78 is 5.52. The minimum Gasteiger partial charge on any atom is -0.444 e. The van der Waals surface area contributed by atoms with E-state index in [2.05, 4.69) is 9.88 Å². The first kappa shape index (κ1) is 16.7. The summed E-state index contributed by atoms with van der Waals surface area (Å²) in [7, 11) is 0. The average molecular weight is 358 g/mol. The third-order valence-corrected chi connectivity index (χ3v) is 5.01. The van der Waals surface area contributed by atoms with Gasteiger partial charge in [-0.2, -0.15) is 0 Å². The highest BCUT2D eigenvalue weighted by molar-refractivity contribution is 6.41. The third-order valence-electron chi connectivity index (χ3n) is 4.32. The van der Waals surface area contributed by atoms with E-state index < -0.39 is 5.60 Å². The number of ether oxygens (including phenoxy) is 1. The number of pyridine rings is 1. The molecule has 2 aliphatic rings. The maximum absolute atomic E-state index is 12.4. The molecule has 0 aliphatic carbocycles. The van der Waals surface area contributed by atoms with Crippen molar-refractivity contribution in [2.45, 2.75) is 38.8 Å². The second-order valence-electron chi connectivity index (χ2n) is 7.16. The summed E-state index contributed by atoms with van der Waals surface area (Å²) >= 11 is 11.9.